The molecule has 0 saturated heterocycles. The fourth-order valence-electron chi connectivity index (χ4n) is 0.717. The Balaban J connectivity index is 4.04. The van der Waals surface area contributed by atoms with Crippen molar-refractivity contribution in [3.63, 3.8) is 0 Å². The Morgan fingerprint density at radius 3 is 2.42 bits per heavy atom. The maximum atomic E-state index is 10.6. The van der Waals surface area contributed by atoms with Crippen LogP contribution in [0.5, 0.6) is 0 Å². The molecule has 0 aromatic rings. The zero-order chi connectivity index (χ0) is 9.56. The van der Waals surface area contributed by atoms with Gasteiger partial charge in [-0.05, 0) is 13.8 Å². The highest BCUT2D eigenvalue weighted by Crippen LogP contribution is 1.97. The normalized spacial score (nSPS) is 9.00. The van der Waals surface area contributed by atoms with Crippen molar-refractivity contribution in [2.45, 2.75) is 20.8 Å². The lowest BCUT2D eigenvalue weighted by atomic mass is 10.4. The largest absolute Gasteiger partial charge is 0.342 e. The molecule has 0 bridgehead atoms. The van der Waals surface area contributed by atoms with Crippen molar-refractivity contribution in [2.75, 3.05) is 13.1 Å². The van der Waals surface area contributed by atoms with E-state index in [4.69, 9.17) is 10.6 Å². The van der Waals surface area contributed by atoms with Crippen molar-refractivity contribution in [1.29, 1.82) is 0 Å². The van der Waals surface area contributed by atoms with Gasteiger partial charge in [-0.15, -0.1) is 0 Å². The summed E-state index contributed by atoms with van der Waals surface area (Å²) < 4.78 is 0. The van der Waals surface area contributed by atoms with Crippen LogP contribution in [0.1, 0.15) is 20.8 Å². The van der Waals surface area contributed by atoms with Crippen LogP contribution in [0, 0.1) is 0 Å². The van der Waals surface area contributed by atoms with E-state index >= 15 is 0 Å². The third kappa shape index (κ3) is 5.73. The van der Waals surface area contributed by atoms with E-state index in [0.717, 1.165) is 5.57 Å². The fraction of sp³-hybridized carbons (Fsp3) is 0.625. The van der Waals surface area contributed by atoms with Crippen molar-refractivity contribution in [2.24, 2.45) is 5.73 Å². The highest BCUT2D eigenvalue weighted by molar-refractivity contribution is 5.65. The molecule has 0 saturated carbocycles. The third-order valence-electron chi connectivity index (χ3n) is 0.997. The van der Waals surface area contributed by atoms with Crippen LogP contribution in [-0.4, -0.2) is 24.1 Å². The molecule has 0 spiro atoms. The minimum Gasteiger partial charge on any atom is -0.342 e. The average Bonchev–Trinajstić information content (AvgIpc) is 1.84. The van der Waals surface area contributed by atoms with Crippen molar-refractivity contribution >= 4 is 5.97 Å². The van der Waals surface area contributed by atoms with Crippen LogP contribution in [0.25, 0.3) is 0 Å². The van der Waals surface area contributed by atoms with E-state index in [1.165, 1.54) is 12.0 Å². The Morgan fingerprint density at radius 1 is 1.50 bits per heavy atom. The first-order valence-corrected chi connectivity index (χ1v) is 3.86. The number of allylic oxidation sites excluding steroid dienone is 1. The van der Waals surface area contributed by atoms with Gasteiger partial charge in [-0.25, -0.2) is 5.06 Å². The van der Waals surface area contributed by atoms with Gasteiger partial charge in [0.1, 0.15) is 0 Å². The Morgan fingerprint density at radius 2 is 2.08 bits per heavy atom. The third-order valence-corrected chi connectivity index (χ3v) is 0.997. The number of carbonyl (C=O) groups is 1. The molecular formula is C8H16N2O2. The summed E-state index contributed by atoms with van der Waals surface area (Å²) in [5.74, 6) is -0.332. The van der Waals surface area contributed by atoms with Gasteiger partial charge in [0.2, 0.25) is 0 Å². The summed E-state index contributed by atoms with van der Waals surface area (Å²) in [6.45, 7) is 6.18. The van der Waals surface area contributed by atoms with Crippen molar-refractivity contribution < 1.29 is 9.63 Å². The number of hydroxylamine groups is 2. The molecule has 12 heavy (non-hydrogen) atoms. The maximum Gasteiger partial charge on any atom is 0.329 e. The Kier molecular flexibility index (Phi) is 5.12. The van der Waals surface area contributed by atoms with E-state index in [1.54, 1.807) is 6.20 Å². The monoisotopic (exact) mass is 172 g/mol. The summed E-state index contributed by atoms with van der Waals surface area (Å²) in [6, 6.07) is 0. The minimum atomic E-state index is -0.332. The van der Waals surface area contributed by atoms with Gasteiger partial charge in [0.25, 0.3) is 0 Å². The summed E-state index contributed by atoms with van der Waals surface area (Å²) in [4.78, 5) is 15.4. The topological polar surface area (TPSA) is 55.6 Å². The van der Waals surface area contributed by atoms with E-state index in [0.29, 0.717) is 13.1 Å². The summed E-state index contributed by atoms with van der Waals surface area (Å²) in [5.41, 5.74) is 6.38. The minimum absolute atomic E-state index is 0.332. The van der Waals surface area contributed by atoms with Crippen LogP contribution < -0.4 is 5.73 Å². The molecule has 0 aliphatic carbocycles. The highest BCUT2D eigenvalue weighted by atomic mass is 16.7. The summed E-state index contributed by atoms with van der Waals surface area (Å²) in [7, 11) is 0. The number of nitrogens with two attached hydrogens (primary N) is 1. The first-order chi connectivity index (χ1) is 5.56. The average molecular weight is 172 g/mol. The van der Waals surface area contributed by atoms with Crippen molar-refractivity contribution in [1.82, 2.24) is 5.06 Å². The molecule has 0 atom stereocenters. The van der Waals surface area contributed by atoms with Gasteiger partial charge < -0.3 is 10.6 Å². The van der Waals surface area contributed by atoms with Gasteiger partial charge in [-0.3, -0.25) is 4.79 Å². The second kappa shape index (κ2) is 5.60. The van der Waals surface area contributed by atoms with Gasteiger partial charge in [0, 0.05) is 19.7 Å². The molecule has 0 unspecified atom stereocenters. The molecule has 2 N–H and O–H groups in total. The van der Waals surface area contributed by atoms with E-state index < -0.39 is 0 Å². The van der Waals surface area contributed by atoms with E-state index in [9.17, 15) is 4.79 Å². The van der Waals surface area contributed by atoms with Gasteiger partial charge in [-0.1, -0.05) is 5.57 Å². The standard InChI is InChI=1S/C8H16N2O2/c1-7(2)6-10(5-4-9)12-8(3)11/h6H,4-5,9H2,1-3H3. The second-order valence-electron chi connectivity index (χ2n) is 2.72. The van der Waals surface area contributed by atoms with E-state index in [-0.39, 0.29) is 5.97 Å². The van der Waals surface area contributed by atoms with E-state index in [2.05, 4.69) is 0 Å². The van der Waals surface area contributed by atoms with Crippen LogP contribution >= 0.6 is 0 Å². The number of nitrogens with zero attached hydrogens (tertiary/aromatic N) is 1. The zero-order valence-corrected chi connectivity index (χ0v) is 7.83. The van der Waals surface area contributed by atoms with Gasteiger partial charge >= 0.3 is 5.97 Å². The van der Waals surface area contributed by atoms with Gasteiger partial charge in [-0.2, -0.15) is 0 Å². The van der Waals surface area contributed by atoms with Crippen LogP contribution in [0.4, 0.5) is 0 Å². The summed E-state index contributed by atoms with van der Waals surface area (Å²) in [5, 5.41) is 1.44. The van der Waals surface area contributed by atoms with Gasteiger partial charge in [0.05, 0.1) is 6.54 Å². The highest BCUT2D eigenvalue weighted by Gasteiger charge is 2.01. The predicted molar refractivity (Wildman–Crippen MR) is 47.0 cm³/mol. The summed E-state index contributed by atoms with van der Waals surface area (Å²) in [6.07, 6.45) is 1.74. The predicted octanol–water partition coefficient (Wildman–Crippen LogP) is 0.649. The molecule has 0 aromatic heterocycles. The molecule has 4 heteroatoms. The fourth-order valence-corrected chi connectivity index (χ4v) is 0.717. The first-order valence-electron chi connectivity index (χ1n) is 3.86. The molecule has 0 fully saturated rings. The second-order valence-corrected chi connectivity index (χ2v) is 2.72. The van der Waals surface area contributed by atoms with Crippen LogP contribution in [0.2, 0.25) is 0 Å². The summed E-state index contributed by atoms with van der Waals surface area (Å²) >= 11 is 0. The molecule has 0 aliphatic rings. The number of hydrogen-bond donors (Lipinski definition) is 1. The Bertz CT molecular complexity index is 174. The lowest BCUT2D eigenvalue weighted by Crippen LogP contribution is -2.27. The maximum absolute atomic E-state index is 10.6. The number of rotatable bonds is 4. The van der Waals surface area contributed by atoms with Gasteiger partial charge in [0.15, 0.2) is 0 Å². The van der Waals surface area contributed by atoms with Crippen LogP contribution in [0.15, 0.2) is 11.8 Å². The number of hydrogen-bond acceptors (Lipinski definition) is 4. The molecule has 4 nitrogen and oxygen atoms in total. The molecular weight excluding hydrogens is 156 g/mol. The molecule has 0 aromatic carbocycles. The molecule has 0 heterocycles. The molecule has 0 aliphatic heterocycles. The lowest BCUT2D eigenvalue weighted by molar-refractivity contribution is -0.174. The zero-order valence-electron chi connectivity index (χ0n) is 7.83. The van der Waals surface area contributed by atoms with Crippen LogP contribution in [-0.2, 0) is 9.63 Å². The Labute approximate surface area is 72.9 Å². The molecule has 70 valence electrons. The Hall–Kier alpha value is -1.03. The first kappa shape index (κ1) is 11.0. The smallest absolute Gasteiger partial charge is 0.329 e. The van der Waals surface area contributed by atoms with E-state index in [1.807, 2.05) is 13.8 Å². The van der Waals surface area contributed by atoms with Crippen molar-refractivity contribution in [3.05, 3.63) is 11.8 Å². The van der Waals surface area contributed by atoms with Crippen molar-refractivity contribution in [3.8, 4) is 0 Å². The molecule has 0 rings (SSSR count). The SMILES string of the molecule is CC(=O)ON(C=C(C)C)CCN. The van der Waals surface area contributed by atoms with Crippen LogP contribution in [0.3, 0.4) is 0 Å². The molecule has 0 amide bonds. The number of carbonyl (C=O) groups excluding carboxylic acids is 1. The lowest BCUT2D eigenvalue weighted by Gasteiger charge is -2.17. The quantitative estimate of drug-likeness (QED) is 0.632. The molecule has 0 radical (unpaired) electrons.